The SMILES string of the molecule is CC[C@@H](C)[C@@H](NC(=O)COCc1ccccc1)c1nc(-c2ccc3c(c2)OCO3)no1. The number of rotatable bonds is 9. The van der Waals surface area contributed by atoms with E-state index in [0.717, 1.165) is 17.5 Å². The van der Waals surface area contributed by atoms with Crippen LogP contribution in [0.5, 0.6) is 11.5 Å². The van der Waals surface area contributed by atoms with Gasteiger partial charge in [-0.05, 0) is 29.7 Å². The van der Waals surface area contributed by atoms with Gasteiger partial charge in [-0.15, -0.1) is 0 Å². The van der Waals surface area contributed by atoms with Gasteiger partial charge in [-0.2, -0.15) is 4.98 Å². The first-order valence-corrected chi connectivity index (χ1v) is 10.3. The van der Waals surface area contributed by atoms with Crippen molar-refractivity contribution in [3.8, 4) is 22.9 Å². The summed E-state index contributed by atoms with van der Waals surface area (Å²) in [7, 11) is 0. The summed E-state index contributed by atoms with van der Waals surface area (Å²) in [5.41, 5.74) is 1.76. The molecular formula is C23H25N3O5. The fourth-order valence-electron chi connectivity index (χ4n) is 3.25. The van der Waals surface area contributed by atoms with E-state index in [0.29, 0.717) is 29.8 Å². The van der Waals surface area contributed by atoms with Crippen molar-refractivity contribution in [2.45, 2.75) is 32.9 Å². The highest BCUT2D eigenvalue weighted by Gasteiger charge is 2.27. The minimum atomic E-state index is -0.409. The summed E-state index contributed by atoms with van der Waals surface area (Å²) in [6.45, 7) is 4.60. The van der Waals surface area contributed by atoms with Crippen molar-refractivity contribution in [1.29, 1.82) is 0 Å². The number of benzene rings is 2. The molecule has 2 aromatic carbocycles. The zero-order chi connectivity index (χ0) is 21.6. The number of carbonyl (C=O) groups excluding carboxylic acids is 1. The van der Waals surface area contributed by atoms with Crippen LogP contribution in [0, 0.1) is 5.92 Å². The number of aromatic nitrogens is 2. The molecule has 2 heterocycles. The monoisotopic (exact) mass is 423 g/mol. The van der Waals surface area contributed by atoms with Crippen LogP contribution in [-0.2, 0) is 16.1 Å². The minimum absolute atomic E-state index is 0.0506. The highest BCUT2D eigenvalue weighted by Crippen LogP contribution is 2.35. The summed E-state index contributed by atoms with van der Waals surface area (Å²) < 4.78 is 21.8. The molecule has 1 amide bonds. The summed E-state index contributed by atoms with van der Waals surface area (Å²) in [6.07, 6.45) is 0.831. The first-order chi connectivity index (χ1) is 15.1. The van der Waals surface area contributed by atoms with Gasteiger partial charge >= 0.3 is 0 Å². The van der Waals surface area contributed by atoms with Crippen molar-refractivity contribution in [3.05, 3.63) is 60.0 Å². The lowest BCUT2D eigenvalue weighted by atomic mass is 9.99. The van der Waals surface area contributed by atoms with Gasteiger partial charge < -0.3 is 24.1 Å². The Balaban J connectivity index is 1.41. The largest absolute Gasteiger partial charge is 0.454 e. The van der Waals surface area contributed by atoms with E-state index in [1.165, 1.54) is 0 Å². The summed E-state index contributed by atoms with van der Waals surface area (Å²) >= 11 is 0. The molecule has 8 nitrogen and oxygen atoms in total. The third-order valence-electron chi connectivity index (χ3n) is 5.21. The molecule has 3 aromatic rings. The number of carbonyl (C=O) groups is 1. The van der Waals surface area contributed by atoms with Gasteiger partial charge in [0.25, 0.3) is 0 Å². The molecular weight excluding hydrogens is 398 g/mol. The molecule has 0 saturated carbocycles. The van der Waals surface area contributed by atoms with E-state index in [1.54, 1.807) is 0 Å². The van der Waals surface area contributed by atoms with Crippen LogP contribution >= 0.6 is 0 Å². The molecule has 1 aromatic heterocycles. The number of ether oxygens (including phenoxy) is 3. The lowest BCUT2D eigenvalue weighted by molar-refractivity contribution is -0.127. The van der Waals surface area contributed by atoms with Crippen LogP contribution in [-0.4, -0.2) is 29.4 Å². The minimum Gasteiger partial charge on any atom is -0.454 e. The molecule has 0 unspecified atom stereocenters. The van der Waals surface area contributed by atoms with Gasteiger partial charge in [-0.3, -0.25) is 4.79 Å². The average Bonchev–Trinajstić information content (AvgIpc) is 3.47. The molecule has 0 spiro atoms. The second-order valence-corrected chi connectivity index (χ2v) is 7.43. The van der Waals surface area contributed by atoms with E-state index >= 15 is 0 Å². The Kier molecular flexibility index (Phi) is 6.47. The molecule has 0 saturated heterocycles. The van der Waals surface area contributed by atoms with Gasteiger partial charge in [-0.1, -0.05) is 55.8 Å². The van der Waals surface area contributed by atoms with Crippen molar-refractivity contribution in [1.82, 2.24) is 15.5 Å². The Morgan fingerprint density at radius 3 is 2.77 bits per heavy atom. The third-order valence-corrected chi connectivity index (χ3v) is 5.21. The maximum atomic E-state index is 12.5. The van der Waals surface area contributed by atoms with E-state index in [-0.39, 0.29) is 25.2 Å². The number of hydrogen-bond donors (Lipinski definition) is 1. The number of fused-ring (bicyclic) bond motifs is 1. The van der Waals surface area contributed by atoms with Crippen LogP contribution in [0.1, 0.15) is 37.8 Å². The Bertz CT molecular complexity index is 1020. The maximum absolute atomic E-state index is 12.5. The molecule has 31 heavy (non-hydrogen) atoms. The summed E-state index contributed by atoms with van der Waals surface area (Å²) in [5, 5.41) is 7.07. The van der Waals surface area contributed by atoms with Gasteiger partial charge in [-0.25, -0.2) is 0 Å². The van der Waals surface area contributed by atoms with Crippen LogP contribution in [0.2, 0.25) is 0 Å². The highest BCUT2D eigenvalue weighted by atomic mass is 16.7. The lowest BCUT2D eigenvalue weighted by Crippen LogP contribution is -2.35. The molecule has 1 aliphatic rings. The van der Waals surface area contributed by atoms with Crippen LogP contribution in [0.4, 0.5) is 0 Å². The molecule has 0 radical (unpaired) electrons. The topological polar surface area (TPSA) is 95.7 Å². The average molecular weight is 423 g/mol. The van der Waals surface area contributed by atoms with Crippen molar-refractivity contribution in [3.63, 3.8) is 0 Å². The molecule has 4 rings (SSSR count). The molecule has 1 N–H and O–H groups in total. The Morgan fingerprint density at radius 2 is 1.97 bits per heavy atom. The predicted octanol–water partition coefficient (Wildman–Crippen LogP) is 3.89. The summed E-state index contributed by atoms with van der Waals surface area (Å²) in [4.78, 5) is 17.0. The zero-order valence-corrected chi connectivity index (χ0v) is 17.5. The normalized spacial score (nSPS) is 14.3. The Hall–Kier alpha value is -3.39. The van der Waals surface area contributed by atoms with Gasteiger partial charge in [0.1, 0.15) is 12.6 Å². The first-order valence-electron chi connectivity index (χ1n) is 10.3. The van der Waals surface area contributed by atoms with Crippen LogP contribution in [0.15, 0.2) is 53.1 Å². The summed E-state index contributed by atoms with van der Waals surface area (Å²) in [6, 6.07) is 14.8. The van der Waals surface area contributed by atoms with E-state index in [4.69, 9.17) is 18.7 Å². The van der Waals surface area contributed by atoms with Gasteiger partial charge in [0, 0.05) is 5.56 Å². The molecule has 0 bridgehead atoms. The highest BCUT2D eigenvalue weighted by molar-refractivity contribution is 5.77. The van der Waals surface area contributed by atoms with Crippen LogP contribution in [0.25, 0.3) is 11.4 Å². The quantitative estimate of drug-likeness (QED) is 0.558. The van der Waals surface area contributed by atoms with Crippen molar-refractivity contribution in [2.75, 3.05) is 13.4 Å². The zero-order valence-electron chi connectivity index (χ0n) is 17.5. The van der Waals surface area contributed by atoms with Crippen molar-refractivity contribution >= 4 is 5.91 Å². The van der Waals surface area contributed by atoms with Crippen molar-refractivity contribution in [2.24, 2.45) is 5.92 Å². The van der Waals surface area contributed by atoms with E-state index in [2.05, 4.69) is 15.5 Å². The van der Waals surface area contributed by atoms with E-state index < -0.39 is 6.04 Å². The van der Waals surface area contributed by atoms with E-state index in [1.807, 2.05) is 62.4 Å². The van der Waals surface area contributed by atoms with E-state index in [9.17, 15) is 4.79 Å². The smallest absolute Gasteiger partial charge is 0.249 e. The van der Waals surface area contributed by atoms with Crippen LogP contribution < -0.4 is 14.8 Å². The van der Waals surface area contributed by atoms with Gasteiger partial charge in [0.05, 0.1) is 6.61 Å². The molecule has 2 atom stereocenters. The van der Waals surface area contributed by atoms with Gasteiger partial charge in [0.15, 0.2) is 11.5 Å². The molecule has 0 fully saturated rings. The lowest BCUT2D eigenvalue weighted by Gasteiger charge is -2.20. The first kappa shape index (κ1) is 20.9. The summed E-state index contributed by atoms with van der Waals surface area (Å²) in [5.74, 6) is 1.99. The fourth-order valence-corrected chi connectivity index (χ4v) is 3.25. The van der Waals surface area contributed by atoms with Crippen LogP contribution in [0.3, 0.4) is 0 Å². The third kappa shape index (κ3) is 5.03. The maximum Gasteiger partial charge on any atom is 0.249 e. The molecule has 0 aliphatic carbocycles. The molecule has 162 valence electrons. The second kappa shape index (κ2) is 9.61. The molecule has 8 heteroatoms. The van der Waals surface area contributed by atoms with Crippen molar-refractivity contribution < 1.29 is 23.5 Å². The second-order valence-electron chi connectivity index (χ2n) is 7.43. The number of amides is 1. The number of nitrogens with zero attached hydrogens (tertiary/aromatic N) is 2. The Labute approximate surface area is 180 Å². The predicted molar refractivity (Wildman–Crippen MR) is 112 cm³/mol. The fraction of sp³-hybridized carbons (Fsp3) is 0.348. The number of hydrogen-bond acceptors (Lipinski definition) is 7. The molecule has 1 aliphatic heterocycles. The standard InChI is InChI=1S/C23H25N3O5/c1-3-15(2)21(24-20(27)13-28-12-16-7-5-4-6-8-16)23-25-22(26-31-23)17-9-10-18-19(11-17)30-14-29-18/h4-11,15,21H,3,12-14H2,1-2H3,(H,24,27)/t15-,21-/m1/s1. The Morgan fingerprint density at radius 1 is 1.16 bits per heavy atom. The number of nitrogens with one attached hydrogen (secondary N) is 1. The van der Waals surface area contributed by atoms with Gasteiger partial charge in [0.2, 0.25) is 24.4 Å².